The van der Waals surface area contributed by atoms with E-state index in [1.807, 2.05) is 6.20 Å². The number of rotatable bonds is 6. The Morgan fingerprint density at radius 2 is 2.00 bits per heavy atom. The Morgan fingerprint density at radius 1 is 1.32 bits per heavy atom. The second-order valence-electron chi connectivity index (χ2n) is 6.53. The molecule has 108 valence electrons. The summed E-state index contributed by atoms with van der Waals surface area (Å²) in [4.78, 5) is 6.84. The lowest BCUT2D eigenvalue weighted by Crippen LogP contribution is -2.29. The van der Waals surface area contributed by atoms with Crippen LogP contribution >= 0.6 is 0 Å². The SMILES string of the molecule is CCCNC(C)c1ccc(N(C)CC(C)(C)C)cn1. The van der Waals surface area contributed by atoms with Crippen molar-refractivity contribution in [3.63, 3.8) is 0 Å². The molecule has 3 heteroatoms. The van der Waals surface area contributed by atoms with E-state index in [1.54, 1.807) is 0 Å². The summed E-state index contributed by atoms with van der Waals surface area (Å²) >= 11 is 0. The predicted molar refractivity (Wildman–Crippen MR) is 83.7 cm³/mol. The second kappa shape index (κ2) is 6.90. The van der Waals surface area contributed by atoms with Crippen LogP contribution in [0.25, 0.3) is 0 Å². The van der Waals surface area contributed by atoms with Gasteiger partial charge in [-0.05, 0) is 37.4 Å². The average Bonchev–Trinajstić information content (AvgIpc) is 2.34. The maximum atomic E-state index is 4.58. The summed E-state index contributed by atoms with van der Waals surface area (Å²) < 4.78 is 0. The normalized spacial score (nSPS) is 13.4. The quantitative estimate of drug-likeness (QED) is 0.849. The molecule has 19 heavy (non-hydrogen) atoms. The van der Waals surface area contributed by atoms with E-state index >= 15 is 0 Å². The lowest BCUT2D eigenvalue weighted by molar-refractivity contribution is 0.419. The molecule has 0 saturated carbocycles. The first kappa shape index (κ1) is 16.0. The number of nitrogens with zero attached hydrogens (tertiary/aromatic N) is 2. The Morgan fingerprint density at radius 3 is 2.47 bits per heavy atom. The van der Waals surface area contributed by atoms with Crippen LogP contribution in [-0.4, -0.2) is 25.1 Å². The summed E-state index contributed by atoms with van der Waals surface area (Å²) in [6.45, 7) is 13.2. The van der Waals surface area contributed by atoms with Crippen LogP contribution in [0.3, 0.4) is 0 Å². The minimum absolute atomic E-state index is 0.295. The first-order chi connectivity index (χ1) is 8.83. The van der Waals surface area contributed by atoms with Gasteiger partial charge in [0.15, 0.2) is 0 Å². The summed E-state index contributed by atoms with van der Waals surface area (Å²) in [6, 6.07) is 4.61. The third kappa shape index (κ3) is 5.60. The van der Waals surface area contributed by atoms with Crippen molar-refractivity contribution in [1.82, 2.24) is 10.3 Å². The van der Waals surface area contributed by atoms with Crippen LogP contribution in [0.4, 0.5) is 5.69 Å². The van der Waals surface area contributed by atoms with Crippen molar-refractivity contribution in [3.8, 4) is 0 Å². The van der Waals surface area contributed by atoms with Crippen molar-refractivity contribution in [2.24, 2.45) is 5.41 Å². The Kier molecular flexibility index (Phi) is 5.80. The molecule has 1 atom stereocenters. The van der Waals surface area contributed by atoms with E-state index in [1.165, 1.54) is 5.69 Å². The molecule has 1 aromatic heterocycles. The van der Waals surface area contributed by atoms with Gasteiger partial charge in [0.1, 0.15) is 0 Å². The van der Waals surface area contributed by atoms with Crippen LogP contribution in [0, 0.1) is 5.41 Å². The lowest BCUT2D eigenvalue weighted by atomic mass is 9.96. The molecule has 0 amide bonds. The maximum Gasteiger partial charge on any atom is 0.0572 e. The molecule has 0 radical (unpaired) electrons. The van der Waals surface area contributed by atoms with E-state index in [2.05, 4.69) is 69.0 Å². The number of anilines is 1. The molecule has 1 heterocycles. The smallest absolute Gasteiger partial charge is 0.0572 e. The predicted octanol–water partition coefficient (Wildman–Crippen LogP) is 3.62. The molecule has 0 spiro atoms. The standard InChI is InChI=1S/C16H29N3/c1-7-10-17-13(2)15-9-8-14(11-18-15)19(6)12-16(3,4)5/h8-9,11,13,17H,7,10,12H2,1-6H3. The van der Waals surface area contributed by atoms with Crippen molar-refractivity contribution >= 4 is 5.69 Å². The Hall–Kier alpha value is -1.09. The van der Waals surface area contributed by atoms with Crippen molar-refractivity contribution in [2.75, 3.05) is 25.0 Å². The minimum atomic E-state index is 0.295. The molecule has 3 nitrogen and oxygen atoms in total. The Labute approximate surface area is 118 Å². The van der Waals surface area contributed by atoms with Gasteiger partial charge in [0.2, 0.25) is 0 Å². The van der Waals surface area contributed by atoms with Gasteiger partial charge in [0.25, 0.3) is 0 Å². The summed E-state index contributed by atoms with van der Waals surface area (Å²) in [5.74, 6) is 0. The number of hydrogen-bond donors (Lipinski definition) is 1. The fourth-order valence-corrected chi connectivity index (χ4v) is 2.15. The molecule has 1 N–H and O–H groups in total. The van der Waals surface area contributed by atoms with Gasteiger partial charge < -0.3 is 10.2 Å². The second-order valence-corrected chi connectivity index (χ2v) is 6.53. The topological polar surface area (TPSA) is 28.2 Å². The molecule has 0 fully saturated rings. The highest BCUT2D eigenvalue weighted by atomic mass is 15.1. The van der Waals surface area contributed by atoms with Gasteiger partial charge >= 0.3 is 0 Å². The fraction of sp³-hybridized carbons (Fsp3) is 0.688. The van der Waals surface area contributed by atoms with E-state index in [4.69, 9.17) is 0 Å². The van der Waals surface area contributed by atoms with Gasteiger partial charge in [-0.25, -0.2) is 0 Å². The van der Waals surface area contributed by atoms with Crippen LogP contribution in [-0.2, 0) is 0 Å². The number of nitrogens with one attached hydrogen (secondary N) is 1. The van der Waals surface area contributed by atoms with E-state index < -0.39 is 0 Å². The summed E-state index contributed by atoms with van der Waals surface area (Å²) in [5, 5.41) is 3.46. The molecule has 0 aromatic carbocycles. The molecular formula is C16H29N3. The largest absolute Gasteiger partial charge is 0.373 e. The number of aromatic nitrogens is 1. The molecule has 0 saturated heterocycles. The summed E-state index contributed by atoms with van der Waals surface area (Å²) in [6.07, 6.45) is 3.13. The highest BCUT2D eigenvalue weighted by Crippen LogP contribution is 2.20. The number of hydrogen-bond acceptors (Lipinski definition) is 3. The van der Waals surface area contributed by atoms with Gasteiger partial charge in [-0.3, -0.25) is 4.98 Å². The zero-order valence-corrected chi connectivity index (χ0v) is 13.3. The third-order valence-electron chi connectivity index (χ3n) is 3.07. The van der Waals surface area contributed by atoms with Crippen LogP contribution in [0.2, 0.25) is 0 Å². The van der Waals surface area contributed by atoms with Crippen molar-refractivity contribution in [2.45, 2.75) is 47.1 Å². The molecule has 0 aliphatic rings. The highest BCUT2D eigenvalue weighted by molar-refractivity contribution is 5.44. The molecular weight excluding hydrogens is 234 g/mol. The van der Waals surface area contributed by atoms with E-state index in [-0.39, 0.29) is 0 Å². The summed E-state index contributed by atoms with van der Waals surface area (Å²) in [5.41, 5.74) is 2.59. The minimum Gasteiger partial charge on any atom is -0.373 e. The van der Waals surface area contributed by atoms with Crippen molar-refractivity contribution in [1.29, 1.82) is 0 Å². The molecule has 1 unspecified atom stereocenters. The number of pyridine rings is 1. The van der Waals surface area contributed by atoms with Crippen LogP contribution in [0.5, 0.6) is 0 Å². The Balaban J connectivity index is 2.65. The zero-order chi connectivity index (χ0) is 14.5. The van der Waals surface area contributed by atoms with Crippen LogP contribution in [0.15, 0.2) is 18.3 Å². The summed E-state index contributed by atoms with van der Waals surface area (Å²) in [7, 11) is 2.13. The molecule has 1 aromatic rings. The lowest BCUT2D eigenvalue weighted by Gasteiger charge is -2.28. The van der Waals surface area contributed by atoms with Crippen molar-refractivity contribution < 1.29 is 0 Å². The third-order valence-corrected chi connectivity index (χ3v) is 3.07. The first-order valence-electron chi connectivity index (χ1n) is 7.24. The average molecular weight is 263 g/mol. The Bertz CT molecular complexity index is 365. The van der Waals surface area contributed by atoms with Gasteiger partial charge in [0, 0.05) is 19.6 Å². The fourth-order valence-electron chi connectivity index (χ4n) is 2.15. The monoisotopic (exact) mass is 263 g/mol. The molecule has 0 aliphatic carbocycles. The van der Waals surface area contributed by atoms with Gasteiger partial charge in [-0.15, -0.1) is 0 Å². The van der Waals surface area contributed by atoms with E-state index in [0.717, 1.165) is 25.2 Å². The van der Waals surface area contributed by atoms with Crippen molar-refractivity contribution in [3.05, 3.63) is 24.0 Å². The van der Waals surface area contributed by atoms with Crippen LogP contribution in [0.1, 0.15) is 52.8 Å². The molecule has 1 rings (SSSR count). The maximum absolute atomic E-state index is 4.58. The van der Waals surface area contributed by atoms with Gasteiger partial charge in [0.05, 0.1) is 17.6 Å². The molecule has 0 bridgehead atoms. The van der Waals surface area contributed by atoms with Crippen LogP contribution < -0.4 is 10.2 Å². The highest BCUT2D eigenvalue weighted by Gasteiger charge is 2.14. The molecule has 0 aliphatic heterocycles. The zero-order valence-electron chi connectivity index (χ0n) is 13.3. The van der Waals surface area contributed by atoms with Gasteiger partial charge in [-0.2, -0.15) is 0 Å². The van der Waals surface area contributed by atoms with E-state index in [9.17, 15) is 0 Å². The first-order valence-corrected chi connectivity index (χ1v) is 7.24. The van der Waals surface area contributed by atoms with E-state index in [0.29, 0.717) is 11.5 Å². The van der Waals surface area contributed by atoms with Gasteiger partial charge in [-0.1, -0.05) is 27.7 Å².